The van der Waals surface area contributed by atoms with Crippen LogP contribution in [0.2, 0.25) is 5.02 Å². The number of pyridine rings is 1. The molecular formula is C10H17ClN2. The van der Waals surface area contributed by atoms with Gasteiger partial charge >= 0.3 is 0 Å². The molecule has 1 aromatic heterocycles. The van der Waals surface area contributed by atoms with Crippen molar-refractivity contribution in [1.29, 1.82) is 0 Å². The fraction of sp³-hybridized carbons (Fsp3) is 0.500. The zero-order valence-corrected chi connectivity index (χ0v) is 9.68. The van der Waals surface area contributed by atoms with Crippen LogP contribution in [-0.4, -0.2) is 19.1 Å². The van der Waals surface area contributed by atoms with Gasteiger partial charge in [-0.2, -0.15) is 0 Å². The molecule has 0 unspecified atom stereocenters. The van der Waals surface area contributed by atoms with Gasteiger partial charge in [0.2, 0.25) is 0 Å². The Hall–Kier alpha value is -0.760. The smallest absolute Gasteiger partial charge is 0.128 e. The van der Waals surface area contributed by atoms with Crippen LogP contribution >= 0.6 is 11.6 Å². The van der Waals surface area contributed by atoms with E-state index in [0.29, 0.717) is 0 Å². The average Bonchev–Trinajstić information content (AvgIpc) is 2.13. The zero-order valence-electron chi connectivity index (χ0n) is 8.93. The lowest BCUT2D eigenvalue weighted by Crippen LogP contribution is -2.10. The summed E-state index contributed by atoms with van der Waals surface area (Å²) in [5.74, 6) is 0.937. The van der Waals surface area contributed by atoms with Crippen LogP contribution in [0.3, 0.4) is 0 Å². The summed E-state index contributed by atoms with van der Waals surface area (Å²) < 4.78 is 0. The van der Waals surface area contributed by atoms with Gasteiger partial charge in [0.05, 0.1) is 5.02 Å². The van der Waals surface area contributed by atoms with Gasteiger partial charge in [-0.05, 0) is 18.6 Å². The summed E-state index contributed by atoms with van der Waals surface area (Å²) in [4.78, 5) is 6.08. The molecule has 0 aliphatic carbocycles. The Morgan fingerprint density at radius 3 is 2.23 bits per heavy atom. The van der Waals surface area contributed by atoms with Gasteiger partial charge in [-0.15, -0.1) is 0 Å². The lowest BCUT2D eigenvalue weighted by Gasteiger charge is -2.11. The normalized spacial score (nSPS) is 8.77. The van der Waals surface area contributed by atoms with Crippen molar-refractivity contribution >= 4 is 17.4 Å². The molecule has 2 nitrogen and oxygen atoms in total. The predicted octanol–water partition coefficient (Wildman–Crippen LogP) is 3.14. The van der Waals surface area contributed by atoms with Gasteiger partial charge in [-0.3, -0.25) is 0 Å². The van der Waals surface area contributed by atoms with Gasteiger partial charge in [0, 0.05) is 20.3 Å². The van der Waals surface area contributed by atoms with E-state index in [0.717, 1.165) is 16.4 Å². The molecule has 0 aliphatic heterocycles. The van der Waals surface area contributed by atoms with E-state index in [4.69, 9.17) is 11.6 Å². The maximum atomic E-state index is 5.80. The number of halogens is 1. The van der Waals surface area contributed by atoms with E-state index in [1.165, 1.54) is 0 Å². The second-order valence-electron chi connectivity index (χ2n) is 2.69. The van der Waals surface area contributed by atoms with Crippen LogP contribution in [0.25, 0.3) is 0 Å². The third-order valence-corrected chi connectivity index (χ3v) is 1.89. The monoisotopic (exact) mass is 200 g/mol. The number of hydrogen-bond acceptors (Lipinski definition) is 2. The zero-order chi connectivity index (χ0) is 10.4. The fourth-order valence-corrected chi connectivity index (χ4v) is 0.872. The van der Waals surface area contributed by atoms with Crippen LogP contribution < -0.4 is 4.90 Å². The van der Waals surface area contributed by atoms with Gasteiger partial charge in [-0.1, -0.05) is 25.4 Å². The van der Waals surface area contributed by atoms with Crippen molar-refractivity contribution < 1.29 is 0 Å². The van der Waals surface area contributed by atoms with E-state index in [1.54, 1.807) is 6.20 Å². The molecule has 0 N–H and O–H groups in total. The SMILES string of the molecule is CC.Cc1cc(N(C)C)ncc1Cl. The molecule has 0 atom stereocenters. The summed E-state index contributed by atoms with van der Waals surface area (Å²) in [6.07, 6.45) is 1.67. The summed E-state index contributed by atoms with van der Waals surface area (Å²) in [6.45, 7) is 5.97. The molecule has 3 heteroatoms. The summed E-state index contributed by atoms with van der Waals surface area (Å²) >= 11 is 5.80. The third kappa shape index (κ3) is 3.64. The van der Waals surface area contributed by atoms with Gasteiger partial charge in [0.25, 0.3) is 0 Å². The highest BCUT2D eigenvalue weighted by atomic mass is 35.5. The van der Waals surface area contributed by atoms with Gasteiger partial charge in [-0.25, -0.2) is 4.98 Å². The minimum absolute atomic E-state index is 0.718. The molecule has 0 fully saturated rings. The van der Waals surface area contributed by atoms with Crippen molar-refractivity contribution in [3.63, 3.8) is 0 Å². The molecule has 0 aliphatic rings. The number of aryl methyl sites for hydroxylation is 1. The summed E-state index contributed by atoms with van der Waals surface area (Å²) in [5, 5.41) is 0.718. The Morgan fingerprint density at radius 2 is 1.85 bits per heavy atom. The number of hydrogen-bond donors (Lipinski definition) is 0. The van der Waals surface area contributed by atoms with E-state index < -0.39 is 0 Å². The Kier molecular flexibility index (Phi) is 5.47. The minimum atomic E-state index is 0.718. The predicted molar refractivity (Wildman–Crippen MR) is 59.7 cm³/mol. The van der Waals surface area contributed by atoms with Crippen molar-refractivity contribution in [1.82, 2.24) is 4.98 Å². The van der Waals surface area contributed by atoms with Crippen LogP contribution in [0.1, 0.15) is 19.4 Å². The quantitative estimate of drug-likeness (QED) is 0.693. The lowest BCUT2D eigenvalue weighted by molar-refractivity contribution is 1.06. The van der Waals surface area contributed by atoms with Gasteiger partial charge < -0.3 is 4.90 Å². The molecule has 0 amide bonds. The molecule has 0 spiro atoms. The largest absolute Gasteiger partial charge is 0.363 e. The molecule has 1 aromatic rings. The highest BCUT2D eigenvalue weighted by Crippen LogP contribution is 2.17. The number of anilines is 1. The molecule has 1 heterocycles. The van der Waals surface area contributed by atoms with Crippen molar-refractivity contribution in [2.45, 2.75) is 20.8 Å². The highest BCUT2D eigenvalue weighted by molar-refractivity contribution is 6.31. The average molecular weight is 201 g/mol. The second kappa shape index (κ2) is 5.81. The standard InChI is InChI=1S/C8H11ClN2.C2H6/c1-6-4-8(11(2)3)10-5-7(6)9;1-2/h4-5H,1-3H3;1-2H3. The molecule has 0 saturated carbocycles. The van der Waals surface area contributed by atoms with E-state index in [2.05, 4.69) is 4.98 Å². The van der Waals surface area contributed by atoms with Gasteiger partial charge in [0.1, 0.15) is 5.82 Å². The topological polar surface area (TPSA) is 16.1 Å². The second-order valence-corrected chi connectivity index (χ2v) is 3.09. The first-order valence-electron chi connectivity index (χ1n) is 4.40. The molecule has 1 rings (SSSR count). The van der Waals surface area contributed by atoms with Gasteiger partial charge in [0.15, 0.2) is 0 Å². The Labute approximate surface area is 85.5 Å². The first kappa shape index (κ1) is 12.2. The van der Waals surface area contributed by atoms with E-state index >= 15 is 0 Å². The third-order valence-electron chi connectivity index (χ3n) is 1.49. The summed E-state index contributed by atoms with van der Waals surface area (Å²) in [6, 6.07) is 1.96. The number of aromatic nitrogens is 1. The molecule has 0 saturated heterocycles. The molecule has 0 radical (unpaired) electrons. The Morgan fingerprint density at radius 1 is 1.31 bits per heavy atom. The molecular weight excluding hydrogens is 184 g/mol. The summed E-state index contributed by atoms with van der Waals surface area (Å²) in [7, 11) is 3.91. The lowest BCUT2D eigenvalue weighted by atomic mass is 10.3. The minimum Gasteiger partial charge on any atom is -0.363 e. The van der Waals surface area contributed by atoms with E-state index in [1.807, 2.05) is 45.8 Å². The maximum Gasteiger partial charge on any atom is 0.128 e. The number of nitrogens with zero attached hydrogens (tertiary/aromatic N) is 2. The Balaban J connectivity index is 0.000000671. The first-order valence-corrected chi connectivity index (χ1v) is 4.78. The summed E-state index contributed by atoms with van der Waals surface area (Å²) in [5.41, 5.74) is 1.06. The van der Waals surface area contributed by atoms with Crippen molar-refractivity contribution in [3.05, 3.63) is 22.8 Å². The van der Waals surface area contributed by atoms with Crippen molar-refractivity contribution in [3.8, 4) is 0 Å². The van der Waals surface area contributed by atoms with Crippen molar-refractivity contribution in [2.24, 2.45) is 0 Å². The van der Waals surface area contributed by atoms with Crippen LogP contribution in [0, 0.1) is 6.92 Å². The first-order chi connectivity index (χ1) is 6.11. The number of rotatable bonds is 1. The maximum absolute atomic E-state index is 5.80. The van der Waals surface area contributed by atoms with E-state index in [9.17, 15) is 0 Å². The van der Waals surface area contributed by atoms with Crippen LogP contribution in [-0.2, 0) is 0 Å². The van der Waals surface area contributed by atoms with Crippen LogP contribution in [0.15, 0.2) is 12.3 Å². The van der Waals surface area contributed by atoms with Crippen molar-refractivity contribution in [2.75, 3.05) is 19.0 Å². The van der Waals surface area contributed by atoms with Crippen LogP contribution in [0.5, 0.6) is 0 Å². The molecule has 74 valence electrons. The molecule has 0 aromatic carbocycles. The van der Waals surface area contributed by atoms with Crippen LogP contribution in [0.4, 0.5) is 5.82 Å². The Bertz CT molecular complexity index is 259. The van der Waals surface area contributed by atoms with E-state index in [-0.39, 0.29) is 0 Å². The molecule has 0 bridgehead atoms. The highest BCUT2D eigenvalue weighted by Gasteiger charge is 1.99. The fourth-order valence-electron chi connectivity index (χ4n) is 0.769. The molecule has 13 heavy (non-hydrogen) atoms.